The van der Waals surface area contributed by atoms with Crippen LogP contribution >= 0.6 is 0 Å². The minimum atomic E-state index is -0.493. The third-order valence-electron chi connectivity index (χ3n) is 2.88. The van der Waals surface area contributed by atoms with E-state index in [0.717, 1.165) is 25.7 Å². The molecule has 1 saturated carbocycles. The average Bonchev–Trinajstić information content (AvgIpc) is 2.82. The molecule has 1 radical (unpaired) electrons. The van der Waals surface area contributed by atoms with Crippen LogP contribution in [0.1, 0.15) is 25.7 Å². The summed E-state index contributed by atoms with van der Waals surface area (Å²) in [7, 11) is 1.47. The molecule has 2 rings (SSSR count). The first-order chi connectivity index (χ1) is 8.22. The molecule has 1 aromatic carbocycles. The molecule has 1 aliphatic carbocycles. The van der Waals surface area contributed by atoms with Crippen molar-refractivity contribution in [1.82, 2.24) is 0 Å². The van der Waals surface area contributed by atoms with Gasteiger partial charge in [0.2, 0.25) is 5.75 Å². The van der Waals surface area contributed by atoms with Crippen molar-refractivity contribution in [2.24, 2.45) is 0 Å². The molecule has 0 atom stereocenters. The molecular weight excluding hydrogens is 222 g/mol. The van der Waals surface area contributed by atoms with Crippen molar-refractivity contribution in [3.8, 4) is 11.5 Å². The third kappa shape index (κ3) is 2.49. The first-order valence-electron chi connectivity index (χ1n) is 5.62. The van der Waals surface area contributed by atoms with Crippen molar-refractivity contribution in [1.29, 1.82) is 0 Å². The highest BCUT2D eigenvalue weighted by molar-refractivity contribution is 5.55. The van der Waals surface area contributed by atoms with E-state index >= 15 is 0 Å². The van der Waals surface area contributed by atoms with E-state index in [0.29, 0.717) is 5.75 Å². The largest absolute Gasteiger partial charge is 0.493 e. The number of methoxy groups -OCH3 is 1. The van der Waals surface area contributed by atoms with Crippen LogP contribution in [0.2, 0.25) is 0 Å². The van der Waals surface area contributed by atoms with Crippen molar-refractivity contribution in [2.75, 3.05) is 7.11 Å². The highest BCUT2D eigenvalue weighted by Crippen LogP contribution is 2.38. The monoisotopic (exact) mass is 236 g/mol. The summed E-state index contributed by atoms with van der Waals surface area (Å²) >= 11 is 0. The number of rotatable bonds is 4. The number of nitro groups is 1. The average molecular weight is 236 g/mol. The fourth-order valence-electron chi connectivity index (χ4n) is 2.04. The smallest absolute Gasteiger partial charge is 0.322 e. The Labute approximate surface area is 99.5 Å². The van der Waals surface area contributed by atoms with Gasteiger partial charge in [0, 0.05) is 0 Å². The Kier molecular flexibility index (Phi) is 3.46. The van der Waals surface area contributed by atoms with Gasteiger partial charge in [0.15, 0.2) is 5.75 Å². The molecule has 0 spiro atoms. The molecular formula is C12H14NO4. The molecule has 0 bridgehead atoms. The van der Waals surface area contributed by atoms with Gasteiger partial charge in [0.05, 0.1) is 24.2 Å². The molecule has 1 aromatic rings. The van der Waals surface area contributed by atoms with Gasteiger partial charge in [-0.2, -0.15) is 0 Å². The molecule has 5 nitrogen and oxygen atoms in total. The van der Waals surface area contributed by atoms with E-state index in [1.807, 2.05) is 0 Å². The Hall–Kier alpha value is -1.78. The van der Waals surface area contributed by atoms with Gasteiger partial charge >= 0.3 is 5.69 Å². The Bertz CT molecular complexity index is 413. The van der Waals surface area contributed by atoms with Crippen molar-refractivity contribution < 1.29 is 14.4 Å². The van der Waals surface area contributed by atoms with Crippen molar-refractivity contribution in [3.63, 3.8) is 0 Å². The molecule has 0 aromatic heterocycles. The maximum atomic E-state index is 10.9. The number of hydrogen-bond acceptors (Lipinski definition) is 4. The lowest BCUT2D eigenvalue weighted by Crippen LogP contribution is -2.12. The summed E-state index contributed by atoms with van der Waals surface area (Å²) in [5.41, 5.74) is -0.156. The quantitative estimate of drug-likeness (QED) is 0.595. The molecule has 0 saturated heterocycles. The molecule has 0 heterocycles. The van der Waals surface area contributed by atoms with Gasteiger partial charge in [0.1, 0.15) is 0 Å². The zero-order valence-electron chi connectivity index (χ0n) is 9.64. The summed E-state index contributed by atoms with van der Waals surface area (Å²) in [6.45, 7) is 0. The molecule has 1 aliphatic rings. The van der Waals surface area contributed by atoms with E-state index in [1.54, 1.807) is 6.07 Å². The molecule has 0 unspecified atom stereocenters. The van der Waals surface area contributed by atoms with Crippen LogP contribution in [-0.4, -0.2) is 18.1 Å². The van der Waals surface area contributed by atoms with E-state index in [9.17, 15) is 10.1 Å². The zero-order valence-corrected chi connectivity index (χ0v) is 9.64. The topological polar surface area (TPSA) is 61.6 Å². The normalized spacial score (nSPS) is 15.8. The van der Waals surface area contributed by atoms with E-state index < -0.39 is 4.92 Å². The Morgan fingerprint density at radius 3 is 2.76 bits per heavy atom. The van der Waals surface area contributed by atoms with Gasteiger partial charge < -0.3 is 9.47 Å². The molecule has 5 heteroatoms. The van der Waals surface area contributed by atoms with Crippen LogP contribution in [0.4, 0.5) is 5.69 Å². The number of nitrogens with zero attached hydrogens (tertiary/aromatic N) is 1. The van der Waals surface area contributed by atoms with E-state index in [4.69, 9.17) is 9.47 Å². The van der Waals surface area contributed by atoms with Gasteiger partial charge in [-0.05, 0) is 37.8 Å². The summed E-state index contributed by atoms with van der Waals surface area (Å²) in [6.07, 6.45) is 4.15. The minimum Gasteiger partial charge on any atom is -0.493 e. The second-order valence-electron chi connectivity index (χ2n) is 4.01. The van der Waals surface area contributed by atoms with E-state index in [-0.39, 0.29) is 17.5 Å². The summed E-state index contributed by atoms with van der Waals surface area (Å²) in [4.78, 5) is 10.4. The van der Waals surface area contributed by atoms with Gasteiger partial charge in [-0.3, -0.25) is 10.1 Å². The highest BCUT2D eigenvalue weighted by atomic mass is 16.6. The van der Waals surface area contributed by atoms with Crippen LogP contribution in [0.25, 0.3) is 0 Å². The fraction of sp³-hybridized carbons (Fsp3) is 0.500. The maximum absolute atomic E-state index is 10.9. The molecule has 0 amide bonds. The van der Waals surface area contributed by atoms with E-state index in [2.05, 4.69) is 6.07 Å². The van der Waals surface area contributed by atoms with Crippen LogP contribution in [0.15, 0.2) is 12.1 Å². The van der Waals surface area contributed by atoms with Crippen LogP contribution < -0.4 is 9.47 Å². The molecule has 91 valence electrons. The summed E-state index contributed by atoms with van der Waals surface area (Å²) < 4.78 is 10.8. The van der Waals surface area contributed by atoms with Crippen molar-refractivity contribution in [2.45, 2.75) is 31.8 Å². The van der Waals surface area contributed by atoms with Gasteiger partial charge in [-0.25, -0.2) is 0 Å². The third-order valence-corrected chi connectivity index (χ3v) is 2.88. The Morgan fingerprint density at radius 2 is 2.18 bits per heavy atom. The molecule has 0 aliphatic heterocycles. The summed E-state index contributed by atoms with van der Waals surface area (Å²) in [5, 5.41) is 10.9. The minimum absolute atomic E-state index is 0.0541. The molecule has 0 N–H and O–H groups in total. The van der Waals surface area contributed by atoms with Gasteiger partial charge in [-0.15, -0.1) is 0 Å². The lowest BCUT2D eigenvalue weighted by Gasteiger charge is -2.15. The second kappa shape index (κ2) is 5.03. The fourth-order valence-corrected chi connectivity index (χ4v) is 2.04. The molecule has 17 heavy (non-hydrogen) atoms. The zero-order chi connectivity index (χ0) is 12.3. The SMILES string of the molecule is COc1cc[c]c([N+](=O)[O-])c1OC1CCCC1. The van der Waals surface area contributed by atoms with Crippen molar-refractivity contribution >= 4 is 5.69 Å². The Morgan fingerprint density at radius 1 is 1.47 bits per heavy atom. The summed E-state index contributed by atoms with van der Waals surface area (Å²) in [5.74, 6) is 0.592. The lowest BCUT2D eigenvalue weighted by atomic mass is 10.2. The van der Waals surface area contributed by atoms with Crippen LogP contribution in [-0.2, 0) is 0 Å². The van der Waals surface area contributed by atoms with Crippen molar-refractivity contribution in [3.05, 3.63) is 28.3 Å². The van der Waals surface area contributed by atoms with Crippen LogP contribution in [0.5, 0.6) is 11.5 Å². The number of benzene rings is 1. The first kappa shape index (κ1) is 11.7. The number of ether oxygens (including phenoxy) is 2. The summed E-state index contributed by atoms with van der Waals surface area (Å²) in [6, 6.07) is 5.67. The Balaban J connectivity index is 2.30. The first-order valence-corrected chi connectivity index (χ1v) is 5.62. The highest BCUT2D eigenvalue weighted by Gasteiger charge is 2.25. The maximum Gasteiger partial charge on any atom is 0.322 e. The standard InChI is InChI=1S/C12H14NO4/c1-16-11-8-4-7-10(13(14)15)12(11)17-9-5-2-3-6-9/h4,8-9H,2-3,5-6H2,1H3. The predicted octanol–water partition coefficient (Wildman–Crippen LogP) is 2.72. The number of hydrogen-bond donors (Lipinski definition) is 0. The van der Waals surface area contributed by atoms with Gasteiger partial charge in [-0.1, -0.05) is 0 Å². The van der Waals surface area contributed by atoms with Crippen LogP contribution in [0.3, 0.4) is 0 Å². The predicted molar refractivity (Wildman–Crippen MR) is 61.4 cm³/mol. The molecule has 1 fully saturated rings. The van der Waals surface area contributed by atoms with Gasteiger partial charge in [0.25, 0.3) is 0 Å². The second-order valence-corrected chi connectivity index (χ2v) is 4.01. The lowest BCUT2D eigenvalue weighted by molar-refractivity contribution is -0.386. The number of nitro benzene ring substituents is 1. The van der Waals surface area contributed by atoms with E-state index in [1.165, 1.54) is 13.2 Å². The van der Waals surface area contributed by atoms with Crippen LogP contribution in [0, 0.1) is 16.2 Å².